The van der Waals surface area contributed by atoms with Gasteiger partial charge in [0, 0.05) is 23.5 Å². The number of amides is 1. The van der Waals surface area contributed by atoms with Crippen molar-refractivity contribution < 1.29 is 9.53 Å². The number of hydrogen-bond donors (Lipinski definition) is 2. The van der Waals surface area contributed by atoms with E-state index < -0.39 is 0 Å². The Hall–Kier alpha value is -4.24. The molecule has 152 valence electrons. The first-order chi connectivity index (χ1) is 15.2. The van der Waals surface area contributed by atoms with Gasteiger partial charge in [-0.1, -0.05) is 18.7 Å². The van der Waals surface area contributed by atoms with Crippen LogP contribution in [0.5, 0.6) is 11.6 Å². The number of anilines is 3. The van der Waals surface area contributed by atoms with Crippen molar-refractivity contribution in [3.8, 4) is 11.6 Å². The molecule has 1 amide bonds. The molecule has 0 aliphatic heterocycles. The lowest BCUT2D eigenvalue weighted by molar-refractivity contribution is -0.111. The maximum atomic E-state index is 11.5. The smallest absolute Gasteiger partial charge is 0.247 e. The van der Waals surface area contributed by atoms with Crippen LogP contribution in [-0.2, 0) is 4.79 Å². The summed E-state index contributed by atoms with van der Waals surface area (Å²) >= 11 is 1.58. The fourth-order valence-electron chi connectivity index (χ4n) is 3.02. The maximum Gasteiger partial charge on any atom is 0.247 e. The van der Waals surface area contributed by atoms with Gasteiger partial charge >= 0.3 is 0 Å². The lowest BCUT2D eigenvalue weighted by atomic mass is 10.3. The standard InChI is InChI=1S/C22H16N6O2S/c1-2-20(29)24-14-5-3-6-16(11-14)30-21-8-4-7-19-26-22(27-28(19)21)25-15-9-10-17-18(12-15)31-13-23-17/h2-13H,1H2,(H,24,29)(H,25,27). The van der Waals surface area contributed by atoms with Gasteiger partial charge in [0.25, 0.3) is 0 Å². The molecular weight excluding hydrogens is 412 g/mol. The van der Waals surface area contributed by atoms with Gasteiger partial charge in [-0.2, -0.15) is 9.50 Å². The van der Waals surface area contributed by atoms with Crippen molar-refractivity contribution in [3.05, 3.63) is 78.8 Å². The fourth-order valence-corrected chi connectivity index (χ4v) is 3.74. The van der Waals surface area contributed by atoms with E-state index in [0.29, 0.717) is 28.9 Å². The summed E-state index contributed by atoms with van der Waals surface area (Å²) in [6.45, 7) is 3.46. The molecule has 2 aromatic carbocycles. The number of nitrogens with one attached hydrogen (secondary N) is 2. The summed E-state index contributed by atoms with van der Waals surface area (Å²) in [5, 5.41) is 10.5. The summed E-state index contributed by atoms with van der Waals surface area (Å²) < 4.78 is 8.71. The van der Waals surface area contributed by atoms with Crippen LogP contribution in [0.25, 0.3) is 15.9 Å². The van der Waals surface area contributed by atoms with Crippen LogP contribution in [-0.4, -0.2) is 25.5 Å². The Morgan fingerprint density at radius 3 is 2.90 bits per heavy atom. The topological polar surface area (TPSA) is 93.4 Å². The van der Waals surface area contributed by atoms with Gasteiger partial charge in [-0.3, -0.25) is 4.79 Å². The molecule has 5 rings (SSSR count). The number of hydrogen-bond acceptors (Lipinski definition) is 7. The van der Waals surface area contributed by atoms with E-state index in [1.807, 2.05) is 35.8 Å². The van der Waals surface area contributed by atoms with Gasteiger partial charge in [0.05, 0.1) is 15.7 Å². The highest BCUT2D eigenvalue weighted by Crippen LogP contribution is 2.27. The van der Waals surface area contributed by atoms with E-state index in [1.165, 1.54) is 6.08 Å². The molecular formula is C22H16N6O2S. The molecule has 31 heavy (non-hydrogen) atoms. The zero-order valence-electron chi connectivity index (χ0n) is 16.1. The van der Waals surface area contributed by atoms with Crippen molar-refractivity contribution >= 4 is 50.4 Å². The van der Waals surface area contributed by atoms with E-state index >= 15 is 0 Å². The molecule has 0 saturated heterocycles. The largest absolute Gasteiger partial charge is 0.439 e. The Balaban J connectivity index is 1.41. The SMILES string of the molecule is C=CC(=O)Nc1cccc(Oc2cccc3nc(Nc4ccc5ncsc5c4)nn23)c1. The van der Waals surface area contributed by atoms with Gasteiger partial charge in [-0.15, -0.1) is 16.4 Å². The summed E-state index contributed by atoms with van der Waals surface area (Å²) in [4.78, 5) is 20.4. The third-order valence-electron chi connectivity index (χ3n) is 4.42. The second-order valence-corrected chi connectivity index (χ2v) is 7.44. The third kappa shape index (κ3) is 3.94. The molecule has 0 aliphatic rings. The van der Waals surface area contributed by atoms with E-state index in [9.17, 15) is 4.79 Å². The van der Waals surface area contributed by atoms with Crippen molar-refractivity contribution in [1.29, 1.82) is 0 Å². The molecule has 0 unspecified atom stereocenters. The molecule has 0 bridgehead atoms. The van der Waals surface area contributed by atoms with E-state index in [1.54, 1.807) is 46.2 Å². The highest BCUT2D eigenvalue weighted by atomic mass is 32.1. The highest BCUT2D eigenvalue weighted by molar-refractivity contribution is 7.16. The Bertz CT molecular complexity index is 1420. The minimum absolute atomic E-state index is 0.289. The Morgan fingerprint density at radius 1 is 1.10 bits per heavy atom. The maximum absolute atomic E-state index is 11.5. The van der Waals surface area contributed by atoms with Crippen LogP contribution in [0.1, 0.15) is 0 Å². The lowest BCUT2D eigenvalue weighted by Gasteiger charge is -2.08. The number of pyridine rings is 1. The molecule has 3 aromatic heterocycles. The second-order valence-electron chi connectivity index (χ2n) is 6.55. The molecule has 3 heterocycles. The van der Waals surface area contributed by atoms with Gasteiger partial charge in [0.1, 0.15) is 5.75 Å². The number of ether oxygens (including phenoxy) is 1. The number of benzene rings is 2. The summed E-state index contributed by atoms with van der Waals surface area (Å²) in [6.07, 6.45) is 1.21. The first kappa shape index (κ1) is 18.8. The van der Waals surface area contributed by atoms with Gasteiger partial charge in [0.2, 0.25) is 17.7 Å². The van der Waals surface area contributed by atoms with Crippen LogP contribution >= 0.6 is 11.3 Å². The number of carbonyl (C=O) groups is 1. The Labute approximate surface area is 180 Å². The quantitative estimate of drug-likeness (QED) is 0.370. The van der Waals surface area contributed by atoms with Gasteiger partial charge in [-0.25, -0.2) is 4.98 Å². The normalized spacial score (nSPS) is 10.8. The average molecular weight is 428 g/mol. The van der Waals surface area contributed by atoms with Crippen molar-refractivity contribution in [2.24, 2.45) is 0 Å². The zero-order chi connectivity index (χ0) is 21.2. The summed E-state index contributed by atoms with van der Waals surface area (Å²) in [5.74, 6) is 1.20. The predicted octanol–water partition coefficient (Wildman–Crippen LogP) is 5.00. The van der Waals surface area contributed by atoms with E-state index in [4.69, 9.17) is 4.74 Å². The van der Waals surface area contributed by atoms with Crippen molar-refractivity contribution in [2.45, 2.75) is 0 Å². The van der Waals surface area contributed by atoms with Crippen LogP contribution in [0.2, 0.25) is 0 Å². The summed E-state index contributed by atoms with van der Waals surface area (Å²) in [5.41, 5.74) is 4.89. The first-order valence-electron chi connectivity index (χ1n) is 9.35. The second kappa shape index (κ2) is 7.88. The van der Waals surface area contributed by atoms with E-state index in [-0.39, 0.29) is 5.91 Å². The average Bonchev–Trinajstić information content (AvgIpc) is 3.40. The molecule has 2 N–H and O–H groups in total. The molecule has 0 aliphatic carbocycles. The van der Waals surface area contributed by atoms with Crippen LogP contribution < -0.4 is 15.4 Å². The molecule has 0 fully saturated rings. The fraction of sp³-hybridized carbons (Fsp3) is 0. The molecule has 0 atom stereocenters. The highest BCUT2D eigenvalue weighted by Gasteiger charge is 2.10. The number of aromatic nitrogens is 4. The van der Waals surface area contributed by atoms with Crippen molar-refractivity contribution in [1.82, 2.24) is 19.6 Å². The first-order valence-corrected chi connectivity index (χ1v) is 10.2. The summed E-state index contributed by atoms with van der Waals surface area (Å²) in [6, 6.07) is 18.5. The molecule has 0 saturated carbocycles. The van der Waals surface area contributed by atoms with Crippen molar-refractivity contribution in [3.63, 3.8) is 0 Å². The third-order valence-corrected chi connectivity index (χ3v) is 5.21. The lowest BCUT2D eigenvalue weighted by Crippen LogP contribution is -2.07. The van der Waals surface area contributed by atoms with Crippen LogP contribution in [0.15, 0.2) is 78.8 Å². The molecule has 8 nitrogen and oxygen atoms in total. The van der Waals surface area contributed by atoms with Crippen LogP contribution in [0.3, 0.4) is 0 Å². The number of thiazole rings is 1. The number of nitrogens with zero attached hydrogens (tertiary/aromatic N) is 4. The molecule has 5 aromatic rings. The Kier molecular flexibility index (Phi) is 4.77. The van der Waals surface area contributed by atoms with Crippen molar-refractivity contribution in [2.75, 3.05) is 10.6 Å². The molecule has 0 spiro atoms. The van der Waals surface area contributed by atoms with Crippen LogP contribution in [0.4, 0.5) is 17.3 Å². The van der Waals surface area contributed by atoms with Crippen LogP contribution in [0, 0.1) is 0 Å². The minimum atomic E-state index is -0.289. The van der Waals surface area contributed by atoms with E-state index in [0.717, 1.165) is 15.9 Å². The number of rotatable bonds is 6. The minimum Gasteiger partial charge on any atom is -0.439 e. The van der Waals surface area contributed by atoms with Gasteiger partial charge in [-0.05, 0) is 42.5 Å². The van der Waals surface area contributed by atoms with E-state index in [2.05, 4.69) is 32.3 Å². The molecule has 9 heteroatoms. The van der Waals surface area contributed by atoms with Gasteiger partial charge < -0.3 is 15.4 Å². The zero-order valence-corrected chi connectivity index (χ0v) is 17.0. The Morgan fingerprint density at radius 2 is 2.00 bits per heavy atom. The summed E-state index contributed by atoms with van der Waals surface area (Å²) in [7, 11) is 0. The predicted molar refractivity (Wildman–Crippen MR) is 121 cm³/mol. The molecule has 0 radical (unpaired) electrons. The number of fused-ring (bicyclic) bond motifs is 2. The van der Waals surface area contributed by atoms with Gasteiger partial charge in [0.15, 0.2) is 5.65 Å². The monoisotopic (exact) mass is 428 g/mol. The number of carbonyl (C=O) groups excluding carboxylic acids is 1.